The number of terminal acetylenes is 2. The topological polar surface area (TPSA) is 54.0 Å². The summed E-state index contributed by atoms with van der Waals surface area (Å²) in [5.74, 6) is 8.19. The molecule has 0 unspecified atom stereocenters. The molecule has 0 bridgehead atoms. The van der Waals surface area contributed by atoms with Gasteiger partial charge in [0.15, 0.2) is 5.78 Å². The van der Waals surface area contributed by atoms with E-state index in [2.05, 4.69) is 329 Å². The van der Waals surface area contributed by atoms with E-state index in [4.69, 9.17) is 31.8 Å². The summed E-state index contributed by atoms with van der Waals surface area (Å²) >= 11 is 0. The Kier molecular flexibility index (Phi) is 22.9. The van der Waals surface area contributed by atoms with Crippen molar-refractivity contribution >= 4 is 103 Å². The fourth-order valence-electron chi connectivity index (χ4n) is 17.0. The first-order valence-corrected chi connectivity index (χ1v) is 39.9. The normalized spacial score (nSPS) is 11.3. The quantitative estimate of drug-likeness (QED) is 0.0901. The van der Waals surface area contributed by atoms with Crippen LogP contribution >= 0.6 is 0 Å². The molecule has 0 aromatic heterocycles. The number of rotatable bonds is 12. The summed E-state index contributed by atoms with van der Waals surface area (Å²) in [7, 11) is 6.51. The van der Waals surface area contributed by atoms with Gasteiger partial charge in [-0.05, 0) is 178 Å². The molecule has 0 amide bonds. The summed E-state index contributed by atoms with van der Waals surface area (Å²) in [4.78, 5) is 14.0. The third kappa shape index (κ3) is 14.8. The Morgan fingerprint density at radius 1 is 0.237 bits per heavy atom. The highest BCUT2D eigenvalue weighted by Crippen LogP contribution is 2.47. The Balaban J connectivity index is 0.000000114. The van der Waals surface area contributed by atoms with Gasteiger partial charge in [-0.3, -0.25) is 4.79 Å². The SMILES string of the molecule is C#Cc1cc(OC)c(C#C)cc1OC.CCc1cc(OC)c(CC)cc1OC.O=C1C(c2ccccc2)=c2c(c3ccccc3c3ccccc23)=C1c1ccccc1.c1ccc(-c2ccc(-c3ccccc3)c3c4ccccc4c4ccccc4c23)cc1.c1ccc(-c2ccc(-c3ccccc3)c3c4ccccc4c4ccccc4c23)cc1. The molecule has 0 heterocycles. The molecule has 19 aromatic rings. The molecule has 1 aliphatic carbocycles. The van der Waals surface area contributed by atoms with E-state index in [-0.39, 0.29) is 5.78 Å². The van der Waals surface area contributed by atoms with Gasteiger partial charge in [0.05, 0.1) is 39.6 Å². The van der Waals surface area contributed by atoms with Crippen LogP contribution in [0.15, 0.2) is 376 Å². The van der Waals surface area contributed by atoms with Crippen molar-refractivity contribution in [3.8, 4) is 92.2 Å². The lowest BCUT2D eigenvalue weighted by Crippen LogP contribution is -2.27. The number of Topliss-reactive ketones (excluding diaryl/α,β-unsaturated/α-hetero) is 1. The van der Waals surface area contributed by atoms with Crippen molar-refractivity contribution in [1.82, 2.24) is 0 Å². The maximum atomic E-state index is 14.0. The van der Waals surface area contributed by atoms with Gasteiger partial charge < -0.3 is 18.9 Å². The van der Waals surface area contributed by atoms with Crippen molar-refractivity contribution in [3.05, 3.63) is 420 Å². The van der Waals surface area contributed by atoms with E-state index in [1.807, 2.05) is 60.7 Å². The van der Waals surface area contributed by atoms with Gasteiger partial charge in [0.25, 0.3) is 0 Å². The first-order chi connectivity index (χ1) is 58.2. The van der Waals surface area contributed by atoms with Crippen LogP contribution in [0.3, 0.4) is 0 Å². The van der Waals surface area contributed by atoms with E-state index in [1.54, 1.807) is 40.6 Å². The van der Waals surface area contributed by atoms with Crippen molar-refractivity contribution in [3.63, 3.8) is 0 Å². The maximum absolute atomic E-state index is 14.0. The van der Waals surface area contributed by atoms with Gasteiger partial charge in [0.1, 0.15) is 23.0 Å². The number of hydrogen-bond donors (Lipinski definition) is 0. The largest absolute Gasteiger partial charge is 0.496 e. The molecule has 0 atom stereocenters. The number of aryl methyl sites for hydroxylation is 2. The molecule has 0 aliphatic heterocycles. The van der Waals surface area contributed by atoms with Gasteiger partial charge in [-0.25, -0.2) is 0 Å². The van der Waals surface area contributed by atoms with Crippen LogP contribution in [0.1, 0.15) is 47.2 Å². The van der Waals surface area contributed by atoms with Crippen LogP contribution in [0.2, 0.25) is 0 Å². The van der Waals surface area contributed by atoms with Gasteiger partial charge >= 0.3 is 0 Å². The van der Waals surface area contributed by atoms with E-state index in [1.165, 1.54) is 131 Å². The average Bonchev–Trinajstić information content (AvgIpc) is 1.38. The Hall–Kier alpha value is -15.0. The van der Waals surface area contributed by atoms with Crippen LogP contribution < -0.4 is 29.4 Å². The predicted octanol–water partition coefficient (Wildman–Crippen LogP) is 26.4. The lowest BCUT2D eigenvalue weighted by Gasteiger charge is -2.18. The summed E-state index contributed by atoms with van der Waals surface area (Å²) in [5, 5.41) is 22.5. The minimum absolute atomic E-state index is 0.101. The number of carbonyl (C=O) groups is 1. The summed E-state index contributed by atoms with van der Waals surface area (Å²) in [6, 6.07) is 132. The van der Waals surface area contributed by atoms with Crippen molar-refractivity contribution in [1.29, 1.82) is 0 Å². The van der Waals surface area contributed by atoms with E-state index >= 15 is 0 Å². The average molecular weight is 1520 g/mol. The molecule has 118 heavy (non-hydrogen) atoms. The van der Waals surface area contributed by atoms with E-state index in [0.29, 0.717) is 22.6 Å². The lowest BCUT2D eigenvalue weighted by atomic mass is 9.85. The summed E-state index contributed by atoms with van der Waals surface area (Å²) in [5.41, 5.74) is 17.3. The molecule has 5 nitrogen and oxygen atoms in total. The highest BCUT2D eigenvalue weighted by molar-refractivity contribution is 6.45. The van der Waals surface area contributed by atoms with Crippen molar-refractivity contribution in [2.45, 2.75) is 26.7 Å². The number of fused-ring (bicyclic) bond motifs is 18. The summed E-state index contributed by atoms with van der Waals surface area (Å²) in [6.45, 7) is 4.23. The Labute approximate surface area is 689 Å². The number of ether oxygens (including phenoxy) is 4. The molecule has 1 aliphatic rings. The van der Waals surface area contributed by atoms with Crippen molar-refractivity contribution in [2.75, 3.05) is 28.4 Å². The highest BCUT2D eigenvalue weighted by Gasteiger charge is 2.29. The van der Waals surface area contributed by atoms with Crippen molar-refractivity contribution < 1.29 is 23.7 Å². The smallest absolute Gasteiger partial charge is 0.195 e. The zero-order valence-corrected chi connectivity index (χ0v) is 66.9. The van der Waals surface area contributed by atoms with Crippen LogP contribution in [0.5, 0.6) is 23.0 Å². The zero-order valence-electron chi connectivity index (χ0n) is 66.9. The third-order valence-electron chi connectivity index (χ3n) is 22.4. The number of ketones is 1. The molecule has 568 valence electrons. The monoisotopic (exact) mass is 1520 g/mol. The second-order valence-corrected chi connectivity index (χ2v) is 28.8. The van der Waals surface area contributed by atoms with Gasteiger partial charge in [-0.1, -0.05) is 378 Å². The van der Waals surface area contributed by atoms with E-state index in [9.17, 15) is 4.79 Å². The molecule has 0 fully saturated rings. The second kappa shape index (κ2) is 35.2. The standard InChI is InChI=1S/2C30H20.C29H18O.C12H18O2.C12H10O2/c2*1-3-11-21(12-4-1)23-19-20-24(22-13-5-2-6-14-22)30-28-18-10-8-16-26(28)25-15-7-9-17-27(25)29(23)30;30-29-25(19-11-3-1-4-12-19)27-23-17-9-7-15-21(23)22-16-8-10-18-24(22)28(27)26(29)20-13-5-2-6-14-20;2*1-5-9-7-12(14-4)10(6-2)8-11(9)13-3/h2*1-20H;1-18H;7-8H,5-6H2,1-4H3;1-2,7-8H,3-4H3. The number of benzene rings is 19. The van der Waals surface area contributed by atoms with Crippen LogP contribution in [0, 0.1) is 24.7 Å². The Morgan fingerprint density at radius 3 is 0.661 bits per heavy atom. The van der Waals surface area contributed by atoms with Crippen LogP contribution in [-0.4, -0.2) is 34.2 Å². The maximum Gasteiger partial charge on any atom is 0.195 e. The first-order valence-electron chi connectivity index (χ1n) is 39.9. The summed E-state index contributed by atoms with van der Waals surface area (Å²) in [6.07, 6.45) is 12.5. The van der Waals surface area contributed by atoms with Crippen molar-refractivity contribution in [2.24, 2.45) is 0 Å². The minimum atomic E-state index is 0.101. The van der Waals surface area contributed by atoms with E-state index in [0.717, 1.165) is 67.8 Å². The molecule has 0 spiro atoms. The number of hydrogen-bond acceptors (Lipinski definition) is 5. The Morgan fingerprint density at radius 2 is 0.441 bits per heavy atom. The number of carbonyl (C=O) groups excluding carboxylic acids is 1. The molecule has 0 N–H and O–H groups in total. The molecule has 0 saturated carbocycles. The third-order valence-corrected chi connectivity index (χ3v) is 22.4. The zero-order chi connectivity index (χ0) is 81.0. The highest BCUT2D eigenvalue weighted by atomic mass is 16.5. The minimum Gasteiger partial charge on any atom is -0.496 e. The molecule has 5 heteroatoms. The fraction of sp³-hybridized carbons (Fsp3) is 0.0708. The summed E-state index contributed by atoms with van der Waals surface area (Å²) < 4.78 is 20.8. The predicted molar refractivity (Wildman–Crippen MR) is 497 cm³/mol. The number of methoxy groups -OCH3 is 4. The molecular formula is C113H86O5. The van der Waals surface area contributed by atoms with Gasteiger partial charge in [0, 0.05) is 33.7 Å². The fourth-order valence-corrected chi connectivity index (χ4v) is 17.0. The second-order valence-electron chi connectivity index (χ2n) is 28.8. The molecule has 0 saturated heterocycles. The van der Waals surface area contributed by atoms with Gasteiger partial charge in [0.2, 0.25) is 0 Å². The molecular weight excluding hydrogens is 1440 g/mol. The van der Waals surface area contributed by atoms with E-state index < -0.39 is 0 Å². The lowest BCUT2D eigenvalue weighted by molar-refractivity contribution is -0.108. The van der Waals surface area contributed by atoms with Gasteiger partial charge in [-0.15, -0.1) is 12.8 Å². The van der Waals surface area contributed by atoms with Crippen LogP contribution in [-0.2, 0) is 17.6 Å². The molecule has 19 aromatic carbocycles. The molecule has 0 radical (unpaired) electrons. The Bertz CT molecular complexity index is 6490. The molecule has 20 rings (SSSR count). The van der Waals surface area contributed by atoms with Crippen LogP contribution in [0.25, 0.3) is 142 Å². The van der Waals surface area contributed by atoms with Crippen LogP contribution in [0.4, 0.5) is 0 Å². The van der Waals surface area contributed by atoms with Gasteiger partial charge in [-0.2, -0.15) is 0 Å². The first kappa shape index (κ1) is 77.0.